The van der Waals surface area contributed by atoms with Crippen molar-refractivity contribution >= 4 is 0 Å². The number of fused-ring (bicyclic) bond motifs is 1. The van der Waals surface area contributed by atoms with Gasteiger partial charge in [-0.2, -0.15) is 0 Å². The third-order valence-corrected chi connectivity index (χ3v) is 4.75. The minimum atomic E-state index is 0.336. The van der Waals surface area contributed by atoms with E-state index in [0.717, 1.165) is 31.3 Å². The molecule has 4 nitrogen and oxygen atoms in total. The Labute approximate surface area is 116 Å². The van der Waals surface area contributed by atoms with E-state index in [1.165, 1.54) is 50.8 Å². The molecule has 1 N–H and O–H groups in total. The van der Waals surface area contributed by atoms with E-state index in [1.807, 2.05) is 0 Å². The van der Waals surface area contributed by atoms with Gasteiger partial charge in [0.25, 0.3) is 0 Å². The predicted molar refractivity (Wildman–Crippen MR) is 76.0 cm³/mol. The summed E-state index contributed by atoms with van der Waals surface area (Å²) in [7, 11) is 0. The van der Waals surface area contributed by atoms with Crippen LogP contribution in [0.4, 0.5) is 0 Å². The fraction of sp³-hybridized carbons (Fsp3) is 0.867. The highest BCUT2D eigenvalue weighted by Crippen LogP contribution is 2.26. The Morgan fingerprint density at radius 3 is 2.89 bits per heavy atom. The van der Waals surface area contributed by atoms with E-state index in [9.17, 15) is 0 Å². The van der Waals surface area contributed by atoms with Crippen molar-refractivity contribution in [2.45, 2.75) is 70.9 Å². The van der Waals surface area contributed by atoms with Gasteiger partial charge in [-0.15, -0.1) is 10.2 Å². The Balaban J connectivity index is 1.46. The summed E-state index contributed by atoms with van der Waals surface area (Å²) >= 11 is 0. The second-order valence-corrected chi connectivity index (χ2v) is 6.20. The Kier molecular flexibility index (Phi) is 4.16. The van der Waals surface area contributed by atoms with Gasteiger partial charge in [-0.05, 0) is 32.2 Å². The van der Waals surface area contributed by atoms with Crippen molar-refractivity contribution in [3.63, 3.8) is 0 Å². The van der Waals surface area contributed by atoms with E-state index >= 15 is 0 Å². The molecule has 0 aromatic carbocycles. The van der Waals surface area contributed by atoms with Crippen molar-refractivity contribution in [2.75, 3.05) is 6.54 Å². The second-order valence-electron chi connectivity index (χ2n) is 6.20. The van der Waals surface area contributed by atoms with Crippen LogP contribution in [0.2, 0.25) is 0 Å². The van der Waals surface area contributed by atoms with E-state index in [-0.39, 0.29) is 0 Å². The van der Waals surface area contributed by atoms with E-state index in [2.05, 4.69) is 27.0 Å². The van der Waals surface area contributed by atoms with Crippen LogP contribution in [0.15, 0.2) is 0 Å². The number of hydrogen-bond acceptors (Lipinski definition) is 3. The molecule has 4 heteroatoms. The van der Waals surface area contributed by atoms with E-state index in [0.29, 0.717) is 6.04 Å². The third kappa shape index (κ3) is 2.99. The zero-order valence-electron chi connectivity index (χ0n) is 12.1. The molecule has 19 heavy (non-hydrogen) atoms. The molecule has 0 saturated heterocycles. The van der Waals surface area contributed by atoms with Crippen LogP contribution in [0.1, 0.15) is 69.6 Å². The summed E-state index contributed by atoms with van der Waals surface area (Å²) in [5.74, 6) is 3.27. The first kappa shape index (κ1) is 13.1. The van der Waals surface area contributed by atoms with Crippen LogP contribution >= 0.6 is 0 Å². The molecule has 2 aliphatic rings. The summed E-state index contributed by atoms with van der Waals surface area (Å²) in [5.41, 5.74) is 0. The number of rotatable bonds is 5. The highest BCUT2D eigenvalue weighted by Gasteiger charge is 2.21. The number of nitrogens with zero attached hydrogens (tertiary/aromatic N) is 3. The fourth-order valence-corrected chi connectivity index (χ4v) is 3.56. The molecule has 3 rings (SSSR count). The van der Waals surface area contributed by atoms with Gasteiger partial charge in [0.05, 0.1) is 6.04 Å². The van der Waals surface area contributed by atoms with Crippen molar-refractivity contribution in [2.24, 2.45) is 5.92 Å². The lowest BCUT2D eigenvalue weighted by atomic mass is 9.87. The SMILES string of the molecule is CC(NCCC1CCCCC1)c1nnc2n1CCC2. The molecule has 0 radical (unpaired) electrons. The summed E-state index contributed by atoms with van der Waals surface area (Å²) in [6, 6.07) is 0.336. The molecule has 2 heterocycles. The molecule has 1 aromatic rings. The smallest absolute Gasteiger partial charge is 0.149 e. The maximum Gasteiger partial charge on any atom is 0.149 e. The number of hydrogen-bond donors (Lipinski definition) is 1. The van der Waals surface area contributed by atoms with Crippen LogP contribution in [0.5, 0.6) is 0 Å². The average molecular weight is 262 g/mol. The standard InChI is InChI=1S/C15H26N4/c1-12(15-18-17-14-8-5-11-19(14)15)16-10-9-13-6-3-2-4-7-13/h12-13,16H,2-11H2,1H3. The second kappa shape index (κ2) is 6.04. The molecular formula is C15H26N4. The summed E-state index contributed by atoms with van der Waals surface area (Å²) in [4.78, 5) is 0. The van der Waals surface area contributed by atoms with Crippen LogP contribution in [0, 0.1) is 5.92 Å². The molecule has 1 aliphatic carbocycles. The molecule has 106 valence electrons. The van der Waals surface area contributed by atoms with Gasteiger partial charge in [0.15, 0.2) is 0 Å². The molecule has 1 aliphatic heterocycles. The van der Waals surface area contributed by atoms with Gasteiger partial charge in [-0.25, -0.2) is 0 Å². The lowest BCUT2D eigenvalue weighted by Gasteiger charge is -2.22. The maximum atomic E-state index is 4.35. The average Bonchev–Trinajstić information content (AvgIpc) is 3.02. The van der Waals surface area contributed by atoms with Gasteiger partial charge in [0.1, 0.15) is 11.6 Å². The highest BCUT2D eigenvalue weighted by atomic mass is 15.3. The summed E-state index contributed by atoms with van der Waals surface area (Å²) in [6.07, 6.45) is 10.9. The van der Waals surface area contributed by atoms with Gasteiger partial charge in [0.2, 0.25) is 0 Å². The molecule has 1 saturated carbocycles. The number of aryl methyl sites for hydroxylation is 1. The summed E-state index contributed by atoms with van der Waals surface area (Å²) in [5, 5.41) is 12.3. The van der Waals surface area contributed by atoms with Crippen LogP contribution < -0.4 is 5.32 Å². The quantitative estimate of drug-likeness (QED) is 0.887. The van der Waals surface area contributed by atoms with Gasteiger partial charge < -0.3 is 9.88 Å². The fourth-order valence-electron chi connectivity index (χ4n) is 3.56. The molecule has 1 aromatic heterocycles. The van der Waals surface area contributed by atoms with Gasteiger partial charge in [-0.3, -0.25) is 0 Å². The van der Waals surface area contributed by atoms with Crippen molar-refractivity contribution in [1.29, 1.82) is 0 Å². The molecule has 1 atom stereocenters. The van der Waals surface area contributed by atoms with Gasteiger partial charge >= 0.3 is 0 Å². The normalized spacial score (nSPS) is 21.5. The summed E-state index contributed by atoms with van der Waals surface area (Å²) in [6.45, 7) is 4.44. The first-order chi connectivity index (χ1) is 9.34. The molecule has 1 unspecified atom stereocenters. The van der Waals surface area contributed by atoms with Crippen LogP contribution in [0.3, 0.4) is 0 Å². The van der Waals surface area contributed by atoms with Crippen molar-refractivity contribution in [1.82, 2.24) is 20.1 Å². The minimum Gasteiger partial charge on any atom is -0.314 e. The molecular weight excluding hydrogens is 236 g/mol. The predicted octanol–water partition coefficient (Wildman–Crippen LogP) is 2.85. The largest absolute Gasteiger partial charge is 0.314 e. The lowest BCUT2D eigenvalue weighted by molar-refractivity contribution is 0.328. The number of aromatic nitrogens is 3. The monoisotopic (exact) mass is 262 g/mol. The van der Waals surface area contributed by atoms with Crippen LogP contribution in [-0.2, 0) is 13.0 Å². The zero-order chi connectivity index (χ0) is 13.1. The van der Waals surface area contributed by atoms with Gasteiger partial charge in [-0.1, -0.05) is 32.1 Å². The Bertz CT molecular complexity index is 406. The first-order valence-corrected chi connectivity index (χ1v) is 8.00. The third-order valence-electron chi connectivity index (χ3n) is 4.75. The Hall–Kier alpha value is -0.900. The lowest BCUT2D eigenvalue weighted by Crippen LogP contribution is -2.25. The topological polar surface area (TPSA) is 42.7 Å². The minimum absolute atomic E-state index is 0.336. The molecule has 1 fully saturated rings. The van der Waals surface area contributed by atoms with Crippen LogP contribution in [-0.4, -0.2) is 21.3 Å². The molecule has 0 bridgehead atoms. The van der Waals surface area contributed by atoms with E-state index < -0.39 is 0 Å². The van der Waals surface area contributed by atoms with Gasteiger partial charge in [0, 0.05) is 13.0 Å². The summed E-state index contributed by atoms with van der Waals surface area (Å²) < 4.78 is 2.30. The first-order valence-electron chi connectivity index (χ1n) is 8.00. The molecule has 0 spiro atoms. The highest BCUT2D eigenvalue weighted by molar-refractivity contribution is 5.03. The number of nitrogens with one attached hydrogen (secondary N) is 1. The Morgan fingerprint density at radius 2 is 2.05 bits per heavy atom. The van der Waals surface area contributed by atoms with Crippen LogP contribution in [0.25, 0.3) is 0 Å². The van der Waals surface area contributed by atoms with Crippen molar-refractivity contribution in [3.8, 4) is 0 Å². The van der Waals surface area contributed by atoms with E-state index in [4.69, 9.17) is 0 Å². The van der Waals surface area contributed by atoms with E-state index in [1.54, 1.807) is 0 Å². The Morgan fingerprint density at radius 1 is 1.21 bits per heavy atom. The maximum absolute atomic E-state index is 4.35. The van der Waals surface area contributed by atoms with Crippen molar-refractivity contribution < 1.29 is 0 Å². The zero-order valence-corrected chi connectivity index (χ0v) is 12.1. The molecule has 0 amide bonds. The van der Waals surface area contributed by atoms with Crippen molar-refractivity contribution in [3.05, 3.63) is 11.6 Å².